The van der Waals surface area contributed by atoms with E-state index in [9.17, 15) is 13.2 Å². The van der Waals surface area contributed by atoms with Crippen LogP contribution in [0.4, 0.5) is 19.0 Å². The Morgan fingerprint density at radius 3 is 2.39 bits per heavy atom. The molecule has 0 aliphatic rings. The second-order valence-corrected chi connectivity index (χ2v) is 3.97. The number of rotatable bonds is 1. The standard InChI is InChI=1S/C13H11F3N2/c1-8-4-2-3-5-9(8)10-6-12(17)18-7-11(10)13(14,15)16/h2-7H,1H3,(H2,17,18). The Bertz CT molecular complexity index is 577. The van der Waals surface area contributed by atoms with Gasteiger partial charge in [-0.05, 0) is 29.7 Å². The zero-order chi connectivity index (χ0) is 13.3. The Morgan fingerprint density at radius 2 is 1.78 bits per heavy atom. The van der Waals surface area contributed by atoms with Gasteiger partial charge in [-0.1, -0.05) is 24.3 Å². The Labute approximate surface area is 102 Å². The fourth-order valence-electron chi connectivity index (χ4n) is 1.80. The molecule has 1 aromatic carbocycles. The number of hydrogen-bond donors (Lipinski definition) is 1. The van der Waals surface area contributed by atoms with Gasteiger partial charge in [0.05, 0.1) is 5.56 Å². The van der Waals surface area contributed by atoms with E-state index in [0.717, 1.165) is 11.8 Å². The van der Waals surface area contributed by atoms with Crippen molar-refractivity contribution >= 4 is 5.82 Å². The van der Waals surface area contributed by atoms with Gasteiger partial charge in [0, 0.05) is 6.20 Å². The number of halogens is 3. The summed E-state index contributed by atoms with van der Waals surface area (Å²) in [6.07, 6.45) is -3.67. The number of benzene rings is 1. The number of nitrogens with two attached hydrogens (primary N) is 1. The molecule has 0 amide bonds. The van der Waals surface area contributed by atoms with Crippen LogP contribution in [-0.2, 0) is 6.18 Å². The molecule has 94 valence electrons. The highest BCUT2D eigenvalue weighted by Crippen LogP contribution is 2.38. The summed E-state index contributed by atoms with van der Waals surface area (Å²) >= 11 is 0. The summed E-state index contributed by atoms with van der Waals surface area (Å²) < 4.78 is 38.7. The second kappa shape index (κ2) is 4.33. The zero-order valence-corrected chi connectivity index (χ0v) is 9.62. The van der Waals surface area contributed by atoms with E-state index < -0.39 is 11.7 Å². The maximum absolute atomic E-state index is 12.9. The molecule has 2 N–H and O–H groups in total. The Balaban J connectivity index is 2.70. The van der Waals surface area contributed by atoms with Crippen molar-refractivity contribution in [2.45, 2.75) is 13.1 Å². The highest BCUT2D eigenvalue weighted by Gasteiger charge is 2.34. The highest BCUT2D eigenvalue weighted by molar-refractivity contribution is 5.72. The largest absolute Gasteiger partial charge is 0.418 e. The third-order valence-corrected chi connectivity index (χ3v) is 2.67. The van der Waals surface area contributed by atoms with Gasteiger partial charge < -0.3 is 5.73 Å². The van der Waals surface area contributed by atoms with E-state index in [0.29, 0.717) is 5.56 Å². The SMILES string of the molecule is Cc1ccccc1-c1cc(N)ncc1C(F)(F)F. The van der Waals surface area contributed by atoms with Gasteiger partial charge in [-0.2, -0.15) is 13.2 Å². The van der Waals surface area contributed by atoms with Gasteiger partial charge in [0.2, 0.25) is 0 Å². The molecular formula is C13H11F3N2. The van der Waals surface area contributed by atoms with Crippen molar-refractivity contribution in [2.75, 3.05) is 5.73 Å². The smallest absolute Gasteiger partial charge is 0.384 e. The van der Waals surface area contributed by atoms with Crippen LogP contribution < -0.4 is 5.73 Å². The number of hydrogen-bond acceptors (Lipinski definition) is 2. The molecule has 2 aromatic rings. The molecule has 18 heavy (non-hydrogen) atoms. The summed E-state index contributed by atoms with van der Waals surface area (Å²) in [5.74, 6) is 0.0706. The molecule has 0 saturated carbocycles. The predicted molar refractivity (Wildman–Crippen MR) is 63.8 cm³/mol. The molecule has 2 nitrogen and oxygen atoms in total. The van der Waals surface area contributed by atoms with Crippen LogP contribution >= 0.6 is 0 Å². The molecule has 0 atom stereocenters. The van der Waals surface area contributed by atoms with Gasteiger partial charge in [0.1, 0.15) is 5.82 Å². The lowest BCUT2D eigenvalue weighted by molar-refractivity contribution is -0.137. The molecule has 0 bridgehead atoms. The fourth-order valence-corrected chi connectivity index (χ4v) is 1.80. The summed E-state index contributed by atoms with van der Waals surface area (Å²) in [6.45, 7) is 1.76. The van der Waals surface area contributed by atoms with Crippen LogP contribution in [0.3, 0.4) is 0 Å². The molecule has 0 spiro atoms. The van der Waals surface area contributed by atoms with Crippen LogP contribution in [0.15, 0.2) is 36.5 Å². The van der Waals surface area contributed by atoms with Gasteiger partial charge in [-0.25, -0.2) is 4.98 Å². The lowest BCUT2D eigenvalue weighted by Crippen LogP contribution is -2.09. The van der Waals surface area contributed by atoms with Crippen LogP contribution in [0.1, 0.15) is 11.1 Å². The summed E-state index contributed by atoms with van der Waals surface area (Å²) in [7, 11) is 0. The van der Waals surface area contributed by atoms with Gasteiger partial charge in [0.25, 0.3) is 0 Å². The molecule has 1 heterocycles. The molecule has 0 aliphatic heterocycles. The van der Waals surface area contributed by atoms with Gasteiger partial charge in [0.15, 0.2) is 0 Å². The number of nitrogens with zero attached hydrogens (tertiary/aromatic N) is 1. The van der Waals surface area contributed by atoms with Crippen molar-refractivity contribution in [3.05, 3.63) is 47.7 Å². The van der Waals surface area contributed by atoms with E-state index in [1.165, 1.54) is 6.07 Å². The summed E-state index contributed by atoms with van der Waals surface area (Å²) in [6, 6.07) is 8.12. The van der Waals surface area contributed by atoms with Crippen LogP contribution in [-0.4, -0.2) is 4.98 Å². The second-order valence-electron chi connectivity index (χ2n) is 3.97. The van der Waals surface area contributed by atoms with E-state index in [2.05, 4.69) is 4.98 Å². The first-order valence-corrected chi connectivity index (χ1v) is 5.28. The average Bonchev–Trinajstić information content (AvgIpc) is 2.27. The first-order chi connectivity index (χ1) is 8.39. The minimum Gasteiger partial charge on any atom is -0.384 e. The number of aromatic nitrogens is 1. The van der Waals surface area contributed by atoms with Crippen molar-refractivity contribution in [1.29, 1.82) is 0 Å². The minimum absolute atomic E-state index is 0.0631. The third-order valence-electron chi connectivity index (χ3n) is 2.67. The van der Waals surface area contributed by atoms with E-state index >= 15 is 0 Å². The Morgan fingerprint density at radius 1 is 1.11 bits per heavy atom. The predicted octanol–water partition coefficient (Wildman–Crippen LogP) is 3.66. The Hall–Kier alpha value is -2.04. The van der Waals surface area contributed by atoms with E-state index in [4.69, 9.17) is 5.73 Å². The van der Waals surface area contributed by atoms with Gasteiger partial charge >= 0.3 is 6.18 Å². The fraction of sp³-hybridized carbons (Fsp3) is 0.154. The lowest BCUT2D eigenvalue weighted by Gasteiger charge is -2.14. The zero-order valence-electron chi connectivity index (χ0n) is 9.62. The number of nitrogen functional groups attached to an aromatic ring is 1. The normalized spacial score (nSPS) is 11.6. The van der Waals surface area contributed by atoms with Crippen molar-refractivity contribution < 1.29 is 13.2 Å². The number of alkyl halides is 3. The molecule has 0 aliphatic carbocycles. The number of aryl methyl sites for hydroxylation is 1. The van der Waals surface area contributed by atoms with E-state index in [1.807, 2.05) is 0 Å². The van der Waals surface area contributed by atoms with Crippen LogP contribution in [0.5, 0.6) is 0 Å². The molecule has 2 rings (SSSR count). The quantitative estimate of drug-likeness (QED) is 0.841. The molecule has 0 fully saturated rings. The van der Waals surface area contributed by atoms with Gasteiger partial charge in [-0.15, -0.1) is 0 Å². The lowest BCUT2D eigenvalue weighted by atomic mass is 9.97. The number of pyridine rings is 1. The Kier molecular flexibility index (Phi) is 2.98. The maximum Gasteiger partial charge on any atom is 0.418 e. The number of anilines is 1. The monoisotopic (exact) mass is 252 g/mol. The molecule has 1 aromatic heterocycles. The third kappa shape index (κ3) is 2.30. The molecule has 0 unspecified atom stereocenters. The highest BCUT2D eigenvalue weighted by atomic mass is 19.4. The first kappa shape index (κ1) is 12.4. The molecule has 0 saturated heterocycles. The van der Waals surface area contributed by atoms with Crippen molar-refractivity contribution in [3.8, 4) is 11.1 Å². The topological polar surface area (TPSA) is 38.9 Å². The summed E-state index contributed by atoms with van der Waals surface area (Å²) in [5, 5.41) is 0. The minimum atomic E-state index is -4.45. The average molecular weight is 252 g/mol. The summed E-state index contributed by atoms with van der Waals surface area (Å²) in [4.78, 5) is 3.52. The van der Waals surface area contributed by atoms with Crippen molar-refractivity contribution in [2.24, 2.45) is 0 Å². The van der Waals surface area contributed by atoms with Crippen molar-refractivity contribution in [1.82, 2.24) is 4.98 Å². The van der Waals surface area contributed by atoms with Crippen LogP contribution in [0, 0.1) is 6.92 Å². The molecule has 0 radical (unpaired) electrons. The van der Waals surface area contributed by atoms with Crippen molar-refractivity contribution in [3.63, 3.8) is 0 Å². The van der Waals surface area contributed by atoms with E-state index in [-0.39, 0.29) is 11.4 Å². The van der Waals surface area contributed by atoms with Crippen LogP contribution in [0.2, 0.25) is 0 Å². The van der Waals surface area contributed by atoms with Gasteiger partial charge in [-0.3, -0.25) is 0 Å². The van der Waals surface area contributed by atoms with E-state index in [1.54, 1.807) is 31.2 Å². The molecule has 5 heteroatoms. The van der Waals surface area contributed by atoms with Crippen LogP contribution in [0.25, 0.3) is 11.1 Å². The molecular weight excluding hydrogens is 241 g/mol. The maximum atomic E-state index is 12.9. The first-order valence-electron chi connectivity index (χ1n) is 5.28. The summed E-state index contributed by atoms with van der Waals surface area (Å²) in [5.41, 5.74) is 6.04.